The van der Waals surface area contributed by atoms with E-state index in [0.29, 0.717) is 22.9 Å². The number of hydrogen-bond donors (Lipinski definition) is 1. The van der Waals surface area contributed by atoms with Gasteiger partial charge < -0.3 is 10.1 Å². The van der Waals surface area contributed by atoms with Crippen molar-refractivity contribution in [2.75, 3.05) is 0 Å². The van der Waals surface area contributed by atoms with Crippen LogP contribution in [-0.4, -0.2) is 10.9 Å². The van der Waals surface area contributed by atoms with Crippen LogP contribution in [0.1, 0.15) is 38.2 Å². The van der Waals surface area contributed by atoms with Crippen LogP contribution in [0, 0.1) is 6.92 Å². The number of carbonyl (C=O) groups excluding carboxylic acids is 1. The molecule has 0 aliphatic carbocycles. The predicted molar refractivity (Wildman–Crippen MR) is 125 cm³/mol. The molecule has 0 spiro atoms. The number of nitrogens with zero attached hydrogens (tertiary/aromatic N) is 1. The van der Waals surface area contributed by atoms with Gasteiger partial charge in [-0.1, -0.05) is 60.1 Å². The van der Waals surface area contributed by atoms with E-state index < -0.39 is 0 Å². The molecule has 1 amide bonds. The lowest BCUT2D eigenvalue weighted by Gasteiger charge is -2.20. The molecule has 1 atom stereocenters. The maximum atomic E-state index is 13.1. The van der Waals surface area contributed by atoms with E-state index in [9.17, 15) is 4.79 Å². The van der Waals surface area contributed by atoms with E-state index in [4.69, 9.17) is 16.3 Å². The molecular weight excluding hydrogens is 428 g/mol. The van der Waals surface area contributed by atoms with Gasteiger partial charge in [-0.25, -0.2) is 4.98 Å². The highest BCUT2D eigenvalue weighted by Gasteiger charge is 2.18. The van der Waals surface area contributed by atoms with Crippen molar-refractivity contribution in [3.8, 4) is 5.75 Å². The van der Waals surface area contributed by atoms with Crippen LogP contribution in [0.4, 0.5) is 0 Å². The van der Waals surface area contributed by atoms with Gasteiger partial charge in [0.25, 0.3) is 5.91 Å². The Balaban J connectivity index is 1.52. The normalized spacial score (nSPS) is 11.7. The maximum Gasteiger partial charge on any atom is 0.252 e. The second-order valence-corrected chi connectivity index (χ2v) is 8.54. The third-order valence-corrected chi connectivity index (χ3v) is 5.84. The molecule has 0 saturated carbocycles. The minimum absolute atomic E-state index is 0.182. The summed E-state index contributed by atoms with van der Waals surface area (Å²) in [5.41, 5.74) is 3.35. The van der Waals surface area contributed by atoms with Gasteiger partial charge in [0, 0.05) is 16.0 Å². The van der Waals surface area contributed by atoms with E-state index in [1.807, 2.05) is 79.0 Å². The monoisotopic (exact) mass is 448 g/mol. The van der Waals surface area contributed by atoms with Crippen LogP contribution in [0.25, 0.3) is 0 Å². The minimum Gasteiger partial charge on any atom is -0.487 e. The predicted octanol–water partition coefficient (Wildman–Crippen LogP) is 6.20. The Bertz CT molecular complexity index is 1160. The summed E-state index contributed by atoms with van der Waals surface area (Å²) in [6.07, 6.45) is 0. The van der Waals surface area contributed by atoms with E-state index in [1.165, 1.54) is 0 Å². The van der Waals surface area contributed by atoms with Gasteiger partial charge in [-0.2, -0.15) is 0 Å². The summed E-state index contributed by atoms with van der Waals surface area (Å²) in [6.45, 7) is 2.33. The number of aryl methyl sites for hydroxylation is 1. The lowest BCUT2D eigenvalue weighted by molar-refractivity contribution is 0.0942. The van der Waals surface area contributed by atoms with Crippen LogP contribution in [0.3, 0.4) is 0 Å². The van der Waals surface area contributed by atoms with Gasteiger partial charge in [0.1, 0.15) is 12.4 Å². The number of hydrogen-bond acceptors (Lipinski definition) is 4. The van der Waals surface area contributed by atoms with Crippen molar-refractivity contribution < 1.29 is 9.53 Å². The van der Waals surface area contributed by atoms with Crippen molar-refractivity contribution in [3.05, 3.63) is 117 Å². The molecule has 0 aliphatic heterocycles. The van der Waals surface area contributed by atoms with Crippen molar-refractivity contribution in [1.29, 1.82) is 0 Å². The number of ether oxygens (including phenoxy) is 1. The van der Waals surface area contributed by atoms with Crippen molar-refractivity contribution in [2.45, 2.75) is 19.6 Å². The first-order valence-corrected chi connectivity index (χ1v) is 11.1. The number of rotatable bonds is 7. The lowest BCUT2D eigenvalue weighted by Crippen LogP contribution is -2.29. The summed E-state index contributed by atoms with van der Waals surface area (Å²) in [5.74, 6) is 0.444. The fraction of sp³-hybridized carbons (Fsp3) is 0.120. The van der Waals surface area contributed by atoms with E-state index in [1.54, 1.807) is 23.5 Å². The van der Waals surface area contributed by atoms with Crippen molar-refractivity contribution in [1.82, 2.24) is 10.3 Å². The molecule has 1 unspecified atom stereocenters. The first-order chi connectivity index (χ1) is 15.1. The largest absolute Gasteiger partial charge is 0.487 e. The van der Waals surface area contributed by atoms with Crippen molar-refractivity contribution in [2.24, 2.45) is 0 Å². The van der Waals surface area contributed by atoms with Gasteiger partial charge in [-0.15, -0.1) is 11.3 Å². The second-order valence-electron chi connectivity index (χ2n) is 7.04. The van der Waals surface area contributed by atoms with Crippen molar-refractivity contribution >= 4 is 28.8 Å². The first-order valence-electron chi connectivity index (χ1n) is 9.83. The third-order valence-electron chi connectivity index (χ3n) is 4.76. The molecule has 6 heteroatoms. The third kappa shape index (κ3) is 5.51. The van der Waals surface area contributed by atoms with Crippen LogP contribution in [0.15, 0.2) is 84.2 Å². The molecule has 0 saturated heterocycles. The average molecular weight is 449 g/mol. The fourth-order valence-electron chi connectivity index (χ4n) is 3.23. The Morgan fingerprint density at radius 3 is 2.48 bits per heavy atom. The summed E-state index contributed by atoms with van der Waals surface area (Å²) < 4.78 is 5.83. The molecule has 1 N–H and O–H groups in total. The van der Waals surface area contributed by atoms with E-state index in [-0.39, 0.29) is 11.9 Å². The van der Waals surface area contributed by atoms with E-state index in [0.717, 1.165) is 21.8 Å². The zero-order valence-corrected chi connectivity index (χ0v) is 18.5. The number of benzene rings is 3. The zero-order valence-electron chi connectivity index (χ0n) is 16.9. The summed E-state index contributed by atoms with van der Waals surface area (Å²) in [7, 11) is 0. The average Bonchev–Trinajstić information content (AvgIpc) is 3.22. The van der Waals surface area contributed by atoms with E-state index >= 15 is 0 Å². The SMILES string of the molecule is Cc1nc(COc2cccc(C(=O)NC(c3ccccc3)c3ccc(Cl)cc3)c2)cs1. The second kappa shape index (κ2) is 9.77. The summed E-state index contributed by atoms with van der Waals surface area (Å²) in [4.78, 5) is 17.5. The first kappa shape index (κ1) is 21.1. The van der Waals surface area contributed by atoms with Gasteiger partial charge in [0.2, 0.25) is 0 Å². The van der Waals surface area contributed by atoms with Crippen LogP contribution in [0.5, 0.6) is 5.75 Å². The van der Waals surface area contributed by atoms with Gasteiger partial charge >= 0.3 is 0 Å². The topological polar surface area (TPSA) is 51.2 Å². The number of carbonyl (C=O) groups is 1. The summed E-state index contributed by atoms with van der Waals surface area (Å²) in [6, 6.07) is 24.2. The quantitative estimate of drug-likeness (QED) is 0.366. The number of amides is 1. The molecule has 1 aromatic heterocycles. The zero-order chi connectivity index (χ0) is 21.6. The Morgan fingerprint density at radius 2 is 1.77 bits per heavy atom. The van der Waals surface area contributed by atoms with Crippen LogP contribution in [-0.2, 0) is 6.61 Å². The molecule has 156 valence electrons. The highest BCUT2D eigenvalue weighted by molar-refractivity contribution is 7.09. The molecule has 0 aliphatic rings. The lowest BCUT2D eigenvalue weighted by atomic mass is 9.98. The summed E-state index contributed by atoms with van der Waals surface area (Å²) >= 11 is 7.64. The van der Waals surface area contributed by atoms with Crippen molar-refractivity contribution in [3.63, 3.8) is 0 Å². The van der Waals surface area contributed by atoms with Gasteiger partial charge in [0.15, 0.2) is 0 Å². The molecule has 31 heavy (non-hydrogen) atoms. The molecule has 4 nitrogen and oxygen atoms in total. The van der Waals surface area contributed by atoms with Crippen LogP contribution < -0.4 is 10.1 Å². The highest BCUT2D eigenvalue weighted by atomic mass is 35.5. The molecule has 3 aromatic carbocycles. The molecule has 4 rings (SSSR count). The molecule has 0 radical (unpaired) electrons. The standard InChI is InChI=1S/C25H21ClN2O2S/c1-17-27-22(16-31-17)15-30-23-9-5-8-20(14-23)25(29)28-24(18-6-3-2-4-7-18)19-10-12-21(26)13-11-19/h2-14,16,24H,15H2,1H3,(H,28,29). The molecule has 1 heterocycles. The minimum atomic E-state index is -0.298. The molecule has 0 fully saturated rings. The van der Waals surface area contributed by atoms with E-state index in [2.05, 4.69) is 10.3 Å². The molecule has 0 bridgehead atoms. The van der Waals surface area contributed by atoms with Crippen LogP contribution in [0.2, 0.25) is 5.02 Å². The number of aromatic nitrogens is 1. The highest BCUT2D eigenvalue weighted by Crippen LogP contribution is 2.25. The smallest absolute Gasteiger partial charge is 0.252 e. The Labute approximate surface area is 190 Å². The van der Waals surface area contributed by atoms with Gasteiger partial charge in [-0.05, 0) is 48.4 Å². The van der Waals surface area contributed by atoms with Crippen LogP contribution >= 0.6 is 22.9 Å². The van der Waals surface area contributed by atoms with Gasteiger partial charge in [0.05, 0.1) is 16.7 Å². The number of nitrogens with one attached hydrogen (secondary N) is 1. The molecule has 4 aromatic rings. The number of thiazole rings is 1. The van der Waals surface area contributed by atoms with Gasteiger partial charge in [-0.3, -0.25) is 4.79 Å². The maximum absolute atomic E-state index is 13.1. The fourth-order valence-corrected chi connectivity index (χ4v) is 3.96. The molecular formula is C25H21ClN2O2S. The summed E-state index contributed by atoms with van der Waals surface area (Å²) in [5, 5.41) is 6.77. The Hall–Kier alpha value is -3.15. The Morgan fingerprint density at radius 1 is 1.03 bits per heavy atom. The number of halogens is 1. The Kier molecular flexibility index (Phi) is 6.65.